The Balaban J connectivity index is 2.43. The zero-order valence-corrected chi connectivity index (χ0v) is 13.9. The molecule has 2 rings (SSSR count). The van der Waals surface area contributed by atoms with Crippen molar-refractivity contribution in [3.05, 3.63) is 24.0 Å². The van der Waals surface area contributed by atoms with Crippen LogP contribution in [0.1, 0.15) is 20.3 Å². The molecular weight excluding hydrogens is 368 g/mol. The van der Waals surface area contributed by atoms with E-state index in [1.807, 2.05) is 0 Å². The normalized spacial score (nSPS) is 19.0. The number of likely N-dealkylation sites (tertiary alicyclic amines) is 1. The van der Waals surface area contributed by atoms with Crippen molar-refractivity contribution in [3.63, 3.8) is 0 Å². The lowest BCUT2D eigenvalue weighted by molar-refractivity contribution is -0.140. The first-order valence-corrected chi connectivity index (χ1v) is 8.58. The number of halogens is 4. The lowest BCUT2D eigenvalue weighted by atomic mass is 10.2. The van der Waals surface area contributed by atoms with Crippen LogP contribution in [0.4, 0.5) is 23.2 Å². The molecule has 1 saturated heterocycles. The Morgan fingerprint density at radius 1 is 1.24 bits per heavy atom. The van der Waals surface area contributed by atoms with Gasteiger partial charge in [0.05, 0.1) is 12.1 Å². The molecule has 1 aliphatic heterocycles. The number of alkyl halides is 3. The molecule has 1 heterocycles. The Morgan fingerprint density at radius 3 is 2.32 bits per heavy atom. The van der Waals surface area contributed by atoms with Crippen LogP contribution in [0.5, 0.6) is 0 Å². The van der Waals surface area contributed by atoms with Crippen molar-refractivity contribution in [2.45, 2.75) is 42.8 Å². The highest BCUT2D eigenvalue weighted by Crippen LogP contribution is 2.35. The first-order valence-electron chi connectivity index (χ1n) is 7.09. The molecule has 1 atom stereocenters. The first kappa shape index (κ1) is 19.2. The molecule has 6 nitrogen and oxygen atoms in total. The smallest absolute Gasteiger partial charge is 0.372 e. The van der Waals surface area contributed by atoms with Crippen LogP contribution in [0.2, 0.25) is 0 Å². The van der Waals surface area contributed by atoms with Gasteiger partial charge in [0.15, 0.2) is 0 Å². The molecule has 1 aromatic carbocycles. The maximum atomic E-state index is 13.3. The van der Waals surface area contributed by atoms with E-state index in [1.54, 1.807) is 13.8 Å². The quantitative estimate of drug-likeness (QED) is 0.637. The summed E-state index contributed by atoms with van der Waals surface area (Å²) in [5.41, 5.74) is -6.24. The van der Waals surface area contributed by atoms with Gasteiger partial charge in [0.2, 0.25) is 5.91 Å². The van der Waals surface area contributed by atoms with E-state index in [1.165, 1.54) is 0 Å². The zero-order chi connectivity index (χ0) is 19.2. The summed E-state index contributed by atoms with van der Waals surface area (Å²) in [6.45, 7) is 3.16. The third-order valence-electron chi connectivity index (χ3n) is 3.57. The van der Waals surface area contributed by atoms with E-state index in [2.05, 4.69) is 5.32 Å². The van der Waals surface area contributed by atoms with Gasteiger partial charge in [-0.05, 0) is 32.0 Å². The molecule has 1 fully saturated rings. The van der Waals surface area contributed by atoms with Crippen LogP contribution in [-0.4, -0.2) is 42.7 Å². The van der Waals surface area contributed by atoms with Gasteiger partial charge >= 0.3 is 5.51 Å². The fourth-order valence-corrected chi connectivity index (χ4v) is 3.39. The second-order valence-corrected chi connectivity index (χ2v) is 7.60. The predicted molar refractivity (Wildman–Crippen MR) is 78.7 cm³/mol. The van der Waals surface area contributed by atoms with Crippen molar-refractivity contribution in [3.8, 4) is 0 Å². The maximum Gasteiger partial charge on any atom is 0.501 e. The Kier molecular flexibility index (Phi) is 4.81. The zero-order valence-electron chi connectivity index (χ0n) is 13.1. The number of sulfone groups is 1. The van der Waals surface area contributed by atoms with Gasteiger partial charge in [0, 0.05) is 6.04 Å². The molecule has 1 aromatic rings. The molecule has 2 amide bonds. The number of imide groups is 1. The van der Waals surface area contributed by atoms with Gasteiger partial charge in [0.25, 0.3) is 15.7 Å². The van der Waals surface area contributed by atoms with Crippen molar-refractivity contribution in [2.24, 2.45) is 0 Å². The fourth-order valence-electron chi connectivity index (χ4n) is 2.46. The van der Waals surface area contributed by atoms with Gasteiger partial charge in [-0.2, -0.15) is 13.2 Å². The Hall–Kier alpha value is -2.17. The van der Waals surface area contributed by atoms with Crippen LogP contribution in [-0.2, 0) is 19.4 Å². The third-order valence-corrected chi connectivity index (χ3v) is 5.09. The van der Waals surface area contributed by atoms with Crippen molar-refractivity contribution < 1.29 is 35.6 Å². The van der Waals surface area contributed by atoms with Crippen molar-refractivity contribution in [1.29, 1.82) is 0 Å². The molecule has 1 aliphatic rings. The topological polar surface area (TPSA) is 83.6 Å². The summed E-state index contributed by atoms with van der Waals surface area (Å²) in [6, 6.07) is 0.0520. The van der Waals surface area contributed by atoms with Gasteiger partial charge in [0.1, 0.15) is 16.8 Å². The Labute approximate surface area is 140 Å². The van der Waals surface area contributed by atoms with Gasteiger partial charge in [-0.3, -0.25) is 14.5 Å². The van der Waals surface area contributed by atoms with Gasteiger partial charge in [-0.15, -0.1) is 0 Å². The molecule has 25 heavy (non-hydrogen) atoms. The maximum absolute atomic E-state index is 13.3. The van der Waals surface area contributed by atoms with E-state index >= 15 is 0 Å². The highest BCUT2D eigenvalue weighted by molar-refractivity contribution is 7.92. The summed E-state index contributed by atoms with van der Waals surface area (Å²) >= 11 is 0. The van der Waals surface area contributed by atoms with Crippen LogP contribution in [0.15, 0.2) is 23.1 Å². The molecule has 0 saturated carbocycles. The number of nitrogens with one attached hydrogen (secondary N) is 1. The highest BCUT2D eigenvalue weighted by Gasteiger charge is 2.49. The van der Waals surface area contributed by atoms with E-state index in [4.69, 9.17) is 0 Å². The molecule has 0 radical (unpaired) electrons. The summed E-state index contributed by atoms with van der Waals surface area (Å²) in [4.78, 5) is 23.6. The van der Waals surface area contributed by atoms with Crippen molar-refractivity contribution in [1.82, 2.24) is 4.90 Å². The molecule has 0 spiro atoms. The monoisotopic (exact) mass is 382 g/mol. The van der Waals surface area contributed by atoms with E-state index in [0.717, 1.165) is 17.0 Å². The second kappa shape index (κ2) is 6.28. The van der Waals surface area contributed by atoms with Crippen LogP contribution in [0.3, 0.4) is 0 Å². The Bertz CT molecular complexity index is 821. The number of benzene rings is 1. The van der Waals surface area contributed by atoms with Crippen molar-refractivity contribution in [2.75, 3.05) is 5.32 Å². The first-order chi connectivity index (χ1) is 11.4. The van der Waals surface area contributed by atoms with E-state index in [-0.39, 0.29) is 12.5 Å². The lowest BCUT2D eigenvalue weighted by Crippen LogP contribution is -2.39. The van der Waals surface area contributed by atoms with E-state index in [9.17, 15) is 35.6 Å². The van der Waals surface area contributed by atoms with E-state index < -0.39 is 55.6 Å². The van der Waals surface area contributed by atoms with E-state index in [0.29, 0.717) is 0 Å². The van der Waals surface area contributed by atoms with Gasteiger partial charge in [-0.25, -0.2) is 12.8 Å². The predicted octanol–water partition coefficient (Wildman–Crippen LogP) is 2.07. The van der Waals surface area contributed by atoms with Gasteiger partial charge < -0.3 is 5.32 Å². The average Bonchev–Trinajstić information content (AvgIpc) is 2.73. The third kappa shape index (κ3) is 3.46. The van der Waals surface area contributed by atoms with Crippen LogP contribution in [0, 0.1) is 5.82 Å². The number of hydrogen-bond donors (Lipinski definition) is 1. The van der Waals surface area contributed by atoms with Crippen LogP contribution < -0.4 is 5.32 Å². The molecular formula is C14H14F4N2O4S. The summed E-state index contributed by atoms with van der Waals surface area (Å²) in [5.74, 6) is -2.43. The number of nitrogens with zero attached hydrogens (tertiary/aromatic N) is 1. The molecule has 11 heteroatoms. The standard InChI is InChI=1S/C14H14F4N2O4S/c1-7(2)20-12(21)6-10(13(20)22)19-9-4-3-8(15)5-11(9)25(23,24)14(16,17)18/h3-5,7,10,19H,6H2,1-2H3. The number of hydrogen-bond acceptors (Lipinski definition) is 5. The molecule has 0 aromatic heterocycles. The Morgan fingerprint density at radius 2 is 1.84 bits per heavy atom. The SMILES string of the molecule is CC(C)N1C(=O)CC(Nc2ccc(F)cc2S(=O)(=O)C(F)(F)F)C1=O. The number of amides is 2. The van der Waals surface area contributed by atoms with Crippen LogP contribution in [0.25, 0.3) is 0 Å². The van der Waals surface area contributed by atoms with Gasteiger partial charge in [-0.1, -0.05) is 0 Å². The fraction of sp³-hybridized carbons (Fsp3) is 0.429. The second-order valence-electron chi connectivity index (χ2n) is 5.69. The lowest BCUT2D eigenvalue weighted by Gasteiger charge is -2.20. The molecule has 0 aliphatic carbocycles. The number of rotatable bonds is 4. The molecule has 1 unspecified atom stereocenters. The van der Waals surface area contributed by atoms with Crippen molar-refractivity contribution >= 4 is 27.3 Å². The summed E-state index contributed by atoms with van der Waals surface area (Å²) < 4.78 is 74.9. The van der Waals surface area contributed by atoms with Crippen LogP contribution >= 0.6 is 0 Å². The minimum atomic E-state index is -5.84. The summed E-state index contributed by atoms with van der Waals surface area (Å²) in [6.07, 6.45) is -0.347. The highest BCUT2D eigenvalue weighted by atomic mass is 32.2. The molecule has 138 valence electrons. The average molecular weight is 382 g/mol. The summed E-state index contributed by atoms with van der Waals surface area (Å²) in [5, 5.41) is 2.32. The largest absolute Gasteiger partial charge is 0.501 e. The number of carbonyl (C=O) groups excluding carboxylic acids is 2. The molecule has 1 N–H and O–H groups in total. The number of carbonyl (C=O) groups is 2. The summed E-state index contributed by atoms with van der Waals surface area (Å²) in [7, 11) is -5.84. The number of anilines is 1. The minimum absolute atomic E-state index is 0.215. The molecule has 0 bridgehead atoms. The minimum Gasteiger partial charge on any atom is -0.372 e.